The Labute approximate surface area is 152 Å². The number of nitrogens with two attached hydrogens (primary N) is 1. The van der Waals surface area contributed by atoms with Crippen LogP contribution in [0.4, 0.5) is 14.5 Å². The molecule has 3 aromatic carbocycles. The van der Waals surface area contributed by atoms with E-state index in [9.17, 15) is 8.78 Å². The smallest absolute Gasteiger partial charge is 0.126 e. The summed E-state index contributed by atoms with van der Waals surface area (Å²) in [5, 5.41) is 3.48. The minimum Gasteiger partial charge on any atom is -0.399 e. The molecule has 2 atom stereocenters. The second-order valence-electron chi connectivity index (χ2n) is 6.60. The normalized spacial score (nSPS) is 13.4. The van der Waals surface area contributed by atoms with E-state index in [1.54, 1.807) is 0 Å². The maximum Gasteiger partial charge on any atom is 0.126 e. The summed E-state index contributed by atoms with van der Waals surface area (Å²) in [6, 6.07) is 19.0. The number of benzene rings is 3. The largest absolute Gasteiger partial charge is 0.399 e. The van der Waals surface area contributed by atoms with Crippen LogP contribution in [0.1, 0.15) is 41.3 Å². The average Bonchev–Trinajstić information content (AvgIpc) is 2.59. The van der Waals surface area contributed by atoms with E-state index in [4.69, 9.17) is 5.73 Å². The summed E-state index contributed by atoms with van der Waals surface area (Å²) in [6.07, 6.45) is 0. The third-order valence-electron chi connectivity index (χ3n) is 4.46. The van der Waals surface area contributed by atoms with E-state index >= 15 is 0 Å². The summed E-state index contributed by atoms with van der Waals surface area (Å²) in [5.74, 6) is -1.16. The molecule has 0 saturated carbocycles. The second-order valence-corrected chi connectivity index (χ2v) is 6.60. The van der Waals surface area contributed by atoms with E-state index in [0.717, 1.165) is 17.2 Å². The van der Waals surface area contributed by atoms with Crippen LogP contribution in [-0.2, 0) is 0 Å². The van der Waals surface area contributed by atoms with E-state index < -0.39 is 11.6 Å². The summed E-state index contributed by atoms with van der Waals surface area (Å²) < 4.78 is 27.2. The molecule has 0 fully saturated rings. The van der Waals surface area contributed by atoms with Crippen LogP contribution in [-0.4, -0.2) is 0 Å². The highest BCUT2D eigenvalue weighted by molar-refractivity contribution is 5.44. The lowest BCUT2D eigenvalue weighted by atomic mass is 9.95. The van der Waals surface area contributed by atoms with Crippen molar-refractivity contribution < 1.29 is 8.78 Å². The average molecular weight is 352 g/mol. The molecule has 3 rings (SSSR count). The molecule has 0 amide bonds. The quantitative estimate of drug-likeness (QED) is 0.612. The SMILES string of the molecule is Cc1ccc(C(N[C@H](C)c2cc(F)cc(F)c2)c2cccc(N)c2)cc1. The van der Waals surface area contributed by atoms with Crippen molar-refractivity contribution in [3.8, 4) is 0 Å². The Bertz CT molecular complexity index is 871. The molecule has 3 N–H and O–H groups in total. The van der Waals surface area contributed by atoms with Crippen LogP contribution >= 0.6 is 0 Å². The van der Waals surface area contributed by atoms with Gasteiger partial charge in [-0.3, -0.25) is 5.32 Å². The molecule has 0 spiro atoms. The maximum absolute atomic E-state index is 13.6. The fourth-order valence-corrected chi connectivity index (χ4v) is 3.05. The van der Waals surface area contributed by atoms with Gasteiger partial charge in [0.05, 0.1) is 6.04 Å². The van der Waals surface area contributed by atoms with Crippen molar-refractivity contribution in [1.29, 1.82) is 0 Å². The Morgan fingerprint density at radius 2 is 1.46 bits per heavy atom. The second kappa shape index (κ2) is 7.67. The molecule has 0 aliphatic rings. The van der Waals surface area contributed by atoms with Crippen LogP contribution in [0.15, 0.2) is 66.7 Å². The summed E-state index contributed by atoms with van der Waals surface area (Å²) in [5.41, 5.74) is 10.4. The standard InChI is InChI=1S/C22H22F2N2/c1-14-6-8-16(9-7-14)22(17-4-3-5-21(25)12-17)26-15(2)18-10-19(23)13-20(24)11-18/h3-13,15,22,26H,25H2,1-2H3/t15-,22?/m1/s1. The molecule has 1 unspecified atom stereocenters. The van der Waals surface area contributed by atoms with Crippen molar-refractivity contribution in [2.45, 2.75) is 25.9 Å². The molecule has 0 radical (unpaired) electrons. The van der Waals surface area contributed by atoms with Gasteiger partial charge in [0.2, 0.25) is 0 Å². The van der Waals surface area contributed by atoms with Gasteiger partial charge in [-0.2, -0.15) is 0 Å². The number of halogens is 2. The van der Waals surface area contributed by atoms with Crippen LogP contribution in [0.25, 0.3) is 0 Å². The van der Waals surface area contributed by atoms with Crippen molar-refractivity contribution in [3.63, 3.8) is 0 Å². The van der Waals surface area contributed by atoms with E-state index in [1.165, 1.54) is 17.7 Å². The monoisotopic (exact) mass is 352 g/mol. The molecule has 134 valence electrons. The number of anilines is 1. The fraction of sp³-hybridized carbons (Fsp3) is 0.182. The molecule has 2 nitrogen and oxygen atoms in total. The third kappa shape index (κ3) is 4.27. The summed E-state index contributed by atoms with van der Waals surface area (Å²) in [6.45, 7) is 3.92. The Hall–Kier alpha value is -2.72. The zero-order valence-electron chi connectivity index (χ0n) is 14.8. The number of aryl methyl sites for hydroxylation is 1. The fourth-order valence-electron chi connectivity index (χ4n) is 3.05. The minimum absolute atomic E-state index is 0.152. The minimum atomic E-state index is -0.579. The van der Waals surface area contributed by atoms with Gasteiger partial charge in [0.25, 0.3) is 0 Å². The first-order valence-electron chi connectivity index (χ1n) is 8.56. The van der Waals surface area contributed by atoms with Crippen LogP contribution in [0.3, 0.4) is 0 Å². The van der Waals surface area contributed by atoms with Crippen LogP contribution in [0.5, 0.6) is 0 Å². The first-order valence-corrected chi connectivity index (χ1v) is 8.56. The zero-order valence-corrected chi connectivity index (χ0v) is 14.8. The number of rotatable bonds is 5. The molecule has 0 bridgehead atoms. The Kier molecular flexibility index (Phi) is 5.33. The molecule has 0 heterocycles. The zero-order chi connectivity index (χ0) is 18.7. The van der Waals surface area contributed by atoms with E-state index in [0.29, 0.717) is 11.3 Å². The van der Waals surface area contributed by atoms with Crippen molar-refractivity contribution in [1.82, 2.24) is 5.32 Å². The van der Waals surface area contributed by atoms with Crippen LogP contribution in [0, 0.1) is 18.6 Å². The highest BCUT2D eigenvalue weighted by Crippen LogP contribution is 2.28. The molecule has 0 saturated heterocycles. The molecule has 0 aromatic heterocycles. The summed E-state index contributed by atoms with van der Waals surface area (Å²) in [4.78, 5) is 0. The van der Waals surface area contributed by atoms with Crippen molar-refractivity contribution in [2.24, 2.45) is 0 Å². The predicted molar refractivity (Wildman–Crippen MR) is 102 cm³/mol. The molecule has 0 aliphatic heterocycles. The lowest BCUT2D eigenvalue weighted by Gasteiger charge is -2.25. The van der Waals surface area contributed by atoms with E-state index in [-0.39, 0.29) is 12.1 Å². The van der Waals surface area contributed by atoms with Crippen molar-refractivity contribution >= 4 is 5.69 Å². The summed E-state index contributed by atoms with van der Waals surface area (Å²) in [7, 11) is 0. The Morgan fingerprint density at radius 3 is 2.08 bits per heavy atom. The van der Waals surface area contributed by atoms with Gasteiger partial charge >= 0.3 is 0 Å². The lowest BCUT2D eigenvalue weighted by Crippen LogP contribution is -2.26. The molecule has 0 aliphatic carbocycles. The van der Waals surface area contributed by atoms with E-state index in [1.807, 2.05) is 50.2 Å². The van der Waals surface area contributed by atoms with Gasteiger partial charge in [-0.05, 0) is 54.8 Å². The van der Waals surface area contributed by atoms with Crippen LogP contribution < -0.4 is 11.1 Å². The molecule has 26 heavy (non-hydrogen) atoms. The van der Waals surface area contributed by atoms with E-state index in [2.05, 4.69) is 17.4 Å². The van der Waals surface area contributed by atoms with Crippen LogP contribution in [0.2, 0.25) is 0 Å². The van der Waals surface area contributed by atoms with Crippen molar-refractivity contribution in [3.05, 3.63) is 101 Å². The van der Waals surface area contributed by atoms with Gasteiger partial charge in [-0.1, -0.05) is 42.0 Å². The van der Waals surface area contributed by atoms with Crippen molar-refractivity contribution in [2.75, 3.05) is 5.73 Å². The number of nitrogen functional groups attached to an aromatic ring is 1. The van der Waals surface area contributed by atoms with Gasteiger partial charge in [-0.25, -0.2) is 8.78 Å². The van der Waals surface area contributed by atoms with Gasteiger partial charge in [-0.15, -0.1) is 0 Å². The highest BCUT2D eigenvalue weighted by atomic mass is 19.1. The number of hydrogen-bond acceptors (Lipinski definition) is 2. The Morgan fingerprint density at radius 1 is 0.808 bits per heavy atom. The molecular weight excluding hydrogens is 330 g/mol. The first kappa shape index (κ1) is 18.1. The van der Waals surface area contributed by atoms with Gasteiger partial charge in [0, 0.05) is 17.8 Å². The van der Waals surface area contributed by atoms with Gasteiger partial charge < -0.3 is 5.73 Å². The first-order chi connectivity index (χ1) is 12.4. The summed E-state index contributed by atoms with van der Waals surface area (Å²) >= 11 is 0. The molecule has 4 heteroatoms. The predicted octanol–water partition coefficient (Wildman–Crippen LogP) is 5.30. The highest BCUT2D eigenvalue weighted by Gasteiger charge is 2.18. The Balaban J connectivity index is 1.96. The van der Waals surface area contributed by atoms with Gasteiger partial charge in [0.1, 0.15) is 11.6 Å². The van der Waals surface area contributed by atoms with Gasteiger partial charge in [0.15, 0.2) is 0 Å². The lowest BCUT2D eigenvalue weighted by molar-refractivity contribution is 0.506. The molecular formula is C22H22F2N2. The molecule has 3 aromatic rings. The topological polar surface area (TPSA) is 38.0 Å². The maximum atomic E-state index is 13.6. The third-order valence-corrected chi connectivity index (χ3v) is 4.46. The number of hydrogen-bond donors (Lipinski definition) is 2. The number of nitrogens with one attached hydrogen (secondary N) is 1.